The van der Waals surface area contributed by atoms with Gasteiger partial charge in [0.25, 0.3) is 5.91 Å². The molecule has 1 aliphatic rings. The first kappa shape index (κ1) is 13.7. The summed E-state index contributed by atoms with van der Waals surface area (Å²) < 4.78 is 10.6. The molecule has 0 radical (unpaired) electrons. The molecule has 0 aliphatic carbocycles. The third-order valence-electron chi connectivity index (χ3n) is 3.40. The Morgan fingerprint density at radius 2 is 1.95 bits per heavy atom. The lowest BCUT2D eigenvalue weighted by Gasteiger charge is -2.34. The van der Waals surface area contributed by atoms with Gasteiger partial charge in [-0.2, -0.15) is 0 Å². The smallest absolute Gasteiger partial charge is 0.261 e. The maximum absolute atomic E-state index is 12.7. The molecule has 1 N–H and O–H groups in total. The highest BCUT2D eigenvalue weighted by molar-refractivity contribution is 6.00. The quantitative estimate of drug-likeness (QED) is 0.889. The summed E-state index contributed by atoms with van der Waals surface area (Å²) in [5.41, 5.74) is 0.501. The number of hydrogen-bond donors (Lipinski definition) is 1. The van der Waals surface area contributed by atoms with Crippen molar-refractivity contribution < 1.29 is 14.3 Å². The number of piperazine rings is 1. The fourth-order valence-corrected chi connectivity index (χ4v) is 2.35. The maximum atomic E-state index is 12.7. The van der Waals surface area contributed by atoms with E-state index in [0.717, 1.165) is 13.1 Å². The molecular formula is C14H20N2O3. The van der Waals surface area contributed by atoms with Gasteiger partial charge in [-0.15, -0.1) is 0 Å². The number of rotatable bonds is 3. The van der Waals surface area contributed by atoms with Crippen molar-refractivity contribution in [1.29, 1.82) is 0 Å². The van der Waals surface area contributed by atoms with Crippen molar-refractivity contribution >= 4 is 5.91 Å². The van der Waals surface area contributed by atoms with E-state index in [9.17, 15) is 4.79 Å². The molecule has 0 unspecified atom stereocenters. The fraction of sp³-hybridized carbons (Fsp3) is 0.500. The van der Waals surface area contributed by atoms with Crippen molar-refractivity contribution in [3.63, 3.8) is 0 Å². The van der Waals surface area contributed by atoms with Crippen LogP contribution in [-0.2, 0) is 0 Å². The zero-order valence-electron chi connectivity index (χ0n) is 11.6. The summed E-state index contributed by atoms with van der Waals surface area (Å²) in [4.78, 5) is 14.6. The number of nitrogens with one attached hydrogen (secondary N) is 1. The van der Waals surface area contributed by atoms with Gasteiger partial charge in [0, 0.05) is 25.7 Å². The van der Waals surface area contributed by atoms with Gasteiger partial charge in [0.05, 0.1) is 14.2 Å². The van der Waals surface area contributed by atoms with Crippen LogP contribution < -0.4 is 14.8 Å². The van der Waals surface area contributed by atoms with E-state index in [4.69, 9.17) is 9.47 Å². The SMILES string of the molecule is COc1cccc(OC)c1C(=O)N1CCNC[C@@H]1C. The van der Waals surface area contributed by atoms with Gasteiger partial charge in [-0.25, -0.2) is 0 Å². The average Bonchev–Trinajstić information content (AvgIpc) is 2.46. The Labute approximate surface area is 113 Å². The van der Waals surface area contributed by atoms with Gasteiger partial charge in [0.2, 0.25) is 0 Å². The molecule has 19 heavy (non-hydrogen) atoms. The second-order valence-electron chi connectivity index (χ2n) is 4.59. The number of methoxy groups -OCH3 is 2. The average molecular weight is 264 g/mol. The summed E-state index contributed by atoms with van der Waals surface area (Å²) in [6.45, 7) is 4.35. The molecule has 1 aliphatic heterocycles. The van der Waals surface area contributed by atoms with Crippen molar-refractivity contribution in [3.05, 3.63) is 23.8 Å². The zero-order chi connectivity index (χ0) is 13.8. The minimum atomic E-state index is -0.0386. The van der Waals surface area contributed by atoms with E-state index in [0.29, 0.717) is 23.6 Å². The molecule has 1 atom stereocenters. The summed E-state index contributed by atoms with van der Waals surface area (Å²) in [7, 11) is 3.12. The van der Waals surface area contributed by atoms with Gasteiger partial charge in [0.1, 0.15) is 17.1 Å². The molecule has 5 heteroatoms. The van der Waals surface area contributed by atoms with Crippen LogP contribution in [-0.4, -0.2) is 50.7 Å². The highest BCUT2D eigenvalue weighted by Crippen LogP contribution is 2.30. The molecule has 2 rings (SSSR count). The highest BCUT2D eigenvalue weighted by Gasteiger charge is 2.28. The second-order valence-corrected chi connectivity index (χ2v) is 4.59. The van der Waals surface area contributed by atoms with Gasteiger partial charge in [-0.05, 0) is 19.1 Å². The van der Waals surface area contributed by atoms with Gasteiger partial charge in [-0.1, -0.05) is 6.07 Å². The normalized spacial score (nSPS) is 19.1. The van der Waals surface area contributed by atoms with Crippen LogP contribution in [0.5, 0.6) is 11.5 Å². The Kier molecular flexibility index (Phi) is 4.27. The first-order valence-electron chi connectivity index (χ1n) is 6.41. The van der Waals surface area contributed by atoms with Crippen LogP contribution in [0.3, 0.4) is 0 Å². The largest absolute Gasteiger partial charge is 0.496 e. The third-order valence-corrected chi connectivity index (χ3v) is 3.40. The van der Waals surface area contributed by atoms with E-state index >= 15 is 0 Å². The van der Waals surface area contributed by atoms with E-state index in [1.165, 1.54) is 0 Å². The molecule has 1 aromatic carbocycles. The number of carbonyl (C=O) groups excluding carboxylic acids is 1. The molecule has 1 saturated heterocycles. The molecule has 1 heterocycles. The van der Waals surface area contributed by atoms with Crippen molar-refractivity contribution in [1.82, 2.24) is 10.2 Å². The van der Waals surface area contributed by atoms with Gasteiger partial charge >= 0.3 is 0 Å². The van der Waals surface area contributed by atoms with Gasteiger partial charge in [0.15, 0.2) is 0 Å². The van der Waals surface area contributed by atoms with Crippen molar-refractivity contribution in [3.8, 4) is 11.5 Å². The second kappa shape index (κ2) is 5.93. The lowest BCUT2D eigenvalue weighted by Crippen LogP contribution is -2.52. The molecule has 0 aromatic heterocycles. The highest BCUT2D eigenvalue weighted by atomic mass is 16.5. The third kappa shape index (κ3) is 2.66. The number of ether oxygens (including phenoxy) is 2. The minimum Gasteiger partial charge on any atom is -0.496 e. The van der Waals surface area contributed by atoms with Gasteiger partial charge < -0.3 is 19.7 Å². The minimum absolute atomic E-state index is 0.0386. The predicted molar refractivity (Wildman–Crippen MR) is 72.9 cm³/mol. The van der Waals surface area contributed by atoms with Crippen LogP contribution in [0.15, 0.2) is 18.2 Å². The van der Waals surface area contributed by atoms with E-state index in [1.807, 2.05) is 17.9 Å². The molecule has 1 aromatic rings. The first-order valence-corrected chi connectivity index (χ1v) is 6.41. The fourth-order valence-electron chi connectivity index (χ4n) is 2.35. The number of nitrogens with zero attached hydrogens (tertiary/aromatic N) is 1. The Bertz CT molecular complexity index is 440. The molecule has 0 spiro atoms. The van der Waals surface area contributed by atoms with Crippen molar-refractivity contribution in [2.24, 2.45) is 0 Å². The Balaban J connectivity index is 2.36. The summed E-state index contributed by atoms with van der Waals surface area (Å²) in [6, 6.07) is 5.54. The molecule has 104 valence electrons. The van der Waals surface area contributed by atoms with Gasteiger partial charge in [-0.3, -0.25) is 4.79 Å². The summed E-state index contributed by atoms with van der Waals surface area (Å²) in [5, 5.41) is 3.27. The van der Waals surface area contributed by atoms with Crippen molar-refractivity contribution in [2.75, 3.05) is 33.9 Å². The summed E-state index contributed by atoms with van der Waals surface area (Å²) >= 11 is 0. The zero-order valence-corrected chi connectivity index (χ0v) is 11.6. The molecule has 0 bridgehead atoms. The molecule has 1 fully saturated rings. The topological polar surface area (TPSA) is 50.8 Å². The summed E-state index contributed by atoms with van der Waals surface area (Å²) in [6.07, 6.45) is 0. The van der Waals surface area contributed by atoms with E-state index in [1.54, 1.807) is 26.4 Å². The van der Waals surface area contributed by atoms with Crippen LogP contribution in [0, 0.1) is 0 Å². The Morgan fingerprint density at radius 1 is 1.32 bits per heavy atom. The molecule has 1 amide bonds. The van der Waals surface area contributed by atoms with E-state index in [-0.39, 0.29) is 11.9 Å². The summed E-state index contributed by atoms with van der Waals surface area (Å²) in [5.74, 6) is 1.06. The Hall–Kier alpha value is -1.75. The molecule has 0 saturated carbocycles. The standard InChI is InChI=1S/C14H20N2O3/c1-10-9-15-7-8-16(10)14(17)13-11(18-2)5-4-6-12(13)19-3/h4-6,10,15H,7-9H2,1-3H3/t10-/m0/s1. The number of benzene rings is 1. The lowest BCUT2D eigenvalue weighted by atomic mass is 10.1. The van der Waals surface area contributed by atoms with Crippen LogP contribution in [0.25, 0.3) is 0 Å². The monoisotopic (exact) mass is 264 g/mol. The number of amides is 1. The first-order chi connectivity index (χ1) is 9.19. The molecule has 5 nitrogen and oxygen atoms in total. The maximum Gasteiger partial charge on any atom is 0.261 e. The van der Waals surface area contributed by atoms with Crippen LogP contribution >= 0.6 is 0 Å². The van der Waals surface area contributed by atoms with Crippen LogP contribution in [0.1, 0.15) is 17.3 Å². The number of carbonyl (C=O) groups is 1. The van der Waals surface area contributed by atoms with Crippen molar-refractivity contribution in [2.45, 2.75) is 13.0 Å². The lowest BCUT2D eigenvalue weighted by molar-refractivity contribution is 0.0649. The van der Waals surface area contributed by atoms with E-state index < -0.39 is 0 Å². The Morgan fingerprint density at radius 3 is 2.47 bits per heavy atom. The predicted octanol–water partition coefficient (Wildman–Crippen LogP) is 1.14. The van der Waals surface area contributed by atoms with E-state index in [2.05, 4.69) is 5.32 Å². The van der Waals surface area contributed by atoms with Crippen LogP contribution in [0.4, 0.5) is 0 Å². The molecular weight excluding hydrogens is 244 g/mol. The number of hydrogen-bond acceptors (Lipinski definition) is 4. The van der Waals surface area contributed by atoms with Crippen LogP contribution in [0.2, 0.25) is 0 Å².